The Labute approximate surface area is 203 Å². The zero-order valence-electron chi connectivity index (χ0n) is 18.0. The van der Waals surface area contributed by atoms with Crippen LogP contribution in [0.15, 0.2) is 22.4 Å². The van der Waals surface area contributed by atoms with Crippen LogP contribution in [0.4, 0.5) is 0 Å². The van der Waals surface area contributed by atoms with Gasteiger partial charge in [0.15, 0.2) is 11.5 Å². The summed E-state index contributed by atoms with van der Waals surface area (Å²) in [6.07, 6.45) is 0.868. The summed E-state index contributed by atoms with van der Waals surface area (Å²) in [5.41, 5.74) is 0. The van der Waals surface area contributed by atoms with E-state index in [1.54, 1.807) is 26.0 Å². The molecule has 0 saturated heterocycles. The van der Waals surface area contributed by atoms with Crippen LogP contribution in [0.3, 0.4) is 0 Å². The molecular weight excluding hydrogens is 520 g/mol. The van der Waals surface area contributed by atoms with Crippen LogP contribution < -0.4 is 14.2 Å². The molecule has 0 bridgehead atoms. The molecule has 2 aromatic rings. The molecule has 1 aromatic heterocycles. The van der Waals surface area contributed by atoms with E-state index in [1.807, 2.05) is 0 Å². The maximum atomic E-state index is 12.8. The van der Waals surface area contributed by atoms with Crippen molar-refractivity contribution in [3.8, 4) is 11.5 Å². The summed E-state index contributed by atoms with van der Waals surface area (Å²) in [5.74, 6) is 1.94. The lowest BCUT2D eigenvalue weighted by Crippen LogP contribution is -2.25. The summed E-state index contributed by atoms with van der Waals surface area (Å²) in [5, 5.41) is 0.679. The Kier molecular flexibility index (Phi) is 11.5. The highest BCUT2D eigenvalue weighted by atomic mass is 35.5. The van der Waals surface area contributed by atoms with E-state index >= 15 is 0 Å². The van der Waals surface area contributed by atoms with Gasteiger partial charge in [0.25, 0.3) is 10.0 Å². The zero-order valence-corrected chi connectivity index (χ0v) is 22.0. The predicted octanol–water partition coefficient (Wildman–Crippen LogP) is 5.42. The highest BCUT2D eigenvalue weighted by molar-refractivity contribution is 7.92. The molecule has 0 spiro atoms. The normalized spacial score (nSPS) is 12.4. The largest absolute Gasteiger partial charge is 0.490 e. The van der Waals surface area contributed by atoms with Crippen molar-refractivity contribution < 1.29 is 31.5 Å². The Morgan fingerprint density at radius 2 is 1.53 bits per heavy atom. The number of sulfonamides is 1. The van der Waals surface area contributed by atoms with Crippen molar-refractivity contribution in [2.24, 2.45) is 0 Å². The molecule has 8 nitrogen and oxygen atoms in total. The molecule has 0 aliphatic heterocycles. The van der Waals surface area contributed by atoms with Gasteiger partial charge in [-0.3, -0.25) is 4.57 Å². The first-order chi connectivity index (χ1) is 15.3. The minimum atomic E-state index is -3.94. The maximum absolute atomic E-state index is 12.8. The zero-order chi connectivity index (χ0) is 23.6. The third kappa shape index (κ3) is 8.02. The SMILES string of the molecule is CCOP(=O)(CNS(=O)(=O)c1cc2cc(OCCCCl)c(OCCCCl)cc2s1)OCC. The second kappa shape index (κ2) is 13.3. The Hall–Kier alpha value is -0.580. The molecule has 2 rings (SSSR count). The van der Waals surface area contributed by atoms with Gasteiger partial charge in [0.2, 0.25) is 0 Å². The standard InChI is InChI=1S/C19H28Cl2NO7PS2/c1-3-28-30(23,29-4-2)14-22-32(24,25)19-12-15-11-16(26-9-5-7-20)17(13-18(15)31-19)27-10-6-8-21/h11-13,22H,3-10,14H2,1-2H3. The van der Waals surface area contributed by atoms with Gasteiger partial charge < -0.3 is 18.5 Å². The number of nitrogens with one attached hydrogen (secondary N) is 1. The first-order valence-corrected chi connectivity index (χ1v) is 15.2. The second-order valence-corrected chi connectivity index (χ2v) is 12.3. The van der Waals surface area contributed by atoms with Crippen LogP contribution in [0.2, 0.25) is 0 Å². The average Bonchev–Trinajstić information content (AvgIpc) is 3.17. The van der Waals surface area contributed by atoms with Gasteiger partial charge in [0.1, 0.15) is 10.5 Å². The lowest BCUT2D eigenvalue weighted by atomic mass is 10.2. The van der Waals surface area contributed by atoms with Crippen LogP contribution in [0, 0.1) is 0 Å². The smallest absolute Gasteiger partial charge is 0.345 e. The van der Waals surface area contributed by atoms with Crippen LogP contribution in [0.1, 0.15) is 26.7 Å². The van der Waals surface area contributed by atoms with Gasteiger partial charge in [-0.2, -0.15) is 4.72 Å². The van der Waals surface area contributed by atoms with E-state index < -0.39 is 23.9 Å². The molecule has 182 valence electrons. The van der Waals surface area contributed by atoms with Crippen LogP contribution >= 0.6 is 42.1 Å². The quantitative estimate of drug-likeness (QED) is 0.170. The van der Waals surface area contributed by atoms with Gasteiger partial charge in [-0.05, 0) is 44.2 Å². The number of halogens is 2. The molecule has 1 aromatic carbocycles. The van der Waals surface area contributed by atoms with Crippen molar-refractivity contribution in [1.82, 2.24) is 4.72 Å². The van der Waals surface area contributed by atoms with Gasteiger partial charge in [-0.25, -0.2) is 8.42 Å². The number of benzene rings is 1. The van der Waals surface area contributed by atoms with Crippen molar-refractivity contribution >= 4 is 62.2 Å². The number of alkyl halides is 2. The summed E-state index contributed by atoms with van der Waals surface area (Å²) in [4.78, 5) is 0. The van der Waals surface area contributed by atoms with E-state index in [2.05, 4.69) is 4.72 Å². The predicted molar refractivity (Wildman–Crippen MR) is 130 cm³/mol. The molecule has 0 aliphatic carbocycles. The first kappa shape index (κ1) is 27.7. The summed E-state index contributed by atoms with van der Waals surface area (Å²) >= 11 is 12.5. The second-order valence-electron chi connectivity index (χ2n) is 6.44. The topological polar surface area (TPSA) is 100 Å². The molecule has 0 saturated carbocycles. The number of thiophene rings is 1. The summed E-state index contributed by atoms with van der Waals surface area (Å²) in [6.45, 7) is 4.41. The van der Waals surface area contributed by atoms with Crippen LogP contribution in [-0.4, -0.2) is 52.9 Å². The summed E-state index contributed by atoms with van der Waals surface area (Å²) in [7, 11) is -7.50. The van der Waals surface area contributed by atoms with E-state index in [-0.39, 0.29) is 17.4 Å². The fraction of sp³-hybridized carbons (Fsp3) is 0.579. The maximum Gasteiger partial charge on any atom is 0.345 e. The van der Waals surface area contributed by atoms with Gasteiger partial charge in [0.05, 0.1) is 26.4 Å². The fourth-order valence-electron chi connectivity index (χ4n) is 2.61. The van der Waals surface area contributed by atoms with E-state index in [9.17, 15) is 13.0 Å². The van der Waals surface area contributed by atoms with Gasteiger partial charge >= 0.3 is 7.60 Å². The van der Waals surface area contributed by atoms with E-state index in [1.165, 1.54) is 6.07 Å². The van der Waals surface area contributed by atoms with Gasteiger partial charge in [-0.15, -0.1) is 34.5 Å². The number of fused-ring (bicyclic) bond motifs is 1. The minimum absolute atomic E-state index is 0.0664. The summed E-state index contributed by atoms with van der Waals surface area (Å²) in [6, 6.07) is 5.01. The molecule has 1 heterocycles. The monoisotopic (exact) mass is 547 g/mol. The first-order valence-electron chi connectivity index (χ1n) is 10.1. The minimum Gasteiger partial charge on any atom is -0.490 e. The van der Waals surface area contributed by atoms with E-state index in [0.29, 0.717) is 59.4 Å². The Balaban J connectivity index is 2.28. The van der Waals surface area contributed by atoms with Crippen molar-refractivity contribution in [3.05, 3.63) is 18.2 Å². The molecular formula is C19H28Cl2NO7PS2. The third-order valence-corrected chi connectivity index (χ3v) is 9.57. The molecule has 13 heteroatoms. The lowest BCUT2D eigenvalue weighted by Gasteiger charge is -2.17. The fourth-order valence-corrected chi connectivity index (χ4v) is 7.30. The molecule has 0 unspecified atom stereocenters. The van der Waals surface area contributed by atoms with Gasteiger partial charge in [0, 0.05) is 22.5 Å². The van der Waals surface area contributed by atoms with Crippen molar-refractivity contribution in [3.63, 3.8) is 0 Å². The Bertz CT molecular complexity index is 960. The summed E-state index contributed by atoms with van der Waals surface area (Å²) < 4.78 is 63.2. The van der Waals surface area contributed by atoms with Crippen molar-refractivity contribution in [1.29, 1.82) is 0 Å². The van der Waals surface area contributed by atoms with Crippen LogP contribution in [0.25, 0.3) is 10.1 Å². The highest BCUT2D eigenvalue weighted by Gasteiger charge is 2.28. The average molecular weight is 548 g/mol. The molecule has 0 fully saturated rings. The number of rotatable bonds is 16. The number of ether oxygens (including phenoxy) is 2. The molecule has 0 amide bonds. The molecule has 0 atom stereocenters. The van der Waals surface area contributed by atoms with E-state index in [0.717, 1.165) is 11.3 Å². The van der Waals surface area contributed by atoms with Gasteiger partial charge in [-0.1, -0.05) is 0 Å². The molecule has 1 N–H and O–H groups in total. The molecule has 32 heavy (non-hydrogen) atoms. The van der Waals surface area contributed by atoms with Crippen LogP contribution in [-0.2, 0) is 23.6 Å². The van der Waals surface area contributed by atoms with Crippen molar-refractivity contribution in [2.75, 3.05) is 44.5 Å². The third-order valence-electron chi connectivity index (χ3n) is 4.00. The van der Waals surface area contributed by atoms with Crippen molar-refractivity contribution in [2.45, 2.75) is 30.9 Å². The Morgan fingerprint density at radius 1 is 0.969 bits per heavy atom. The highest BCUT2D eigenvalue weighted by Crippen LogP contribution is 2.47. The number of hydrogen-bond acceptors (Lipinski definition) is 8. The van der Waals surface area contributed by atoms with Crippen LogP contribution in [0.5, 0.6) is 11.5 Å². The van der Waals surface area contributed by atoms with E-state index in [4.69, 9.17) is 41.7 Å². The Morgan fingerprint density at radius 3 is 2.06 bits per heavy atom. The lowest BCUT2D eigenvalue weighted by molar-refractivity contribution is 0.219. The number of hydrogen-bond donors (Lipinski definition) is 1. The molecule has 0 aliphatic rings. The molecule has 0 radical (unpaired) electrons.